The molecule has 1 aromatic rings. The smallest absolute Gasteiger partial charge is 0.314 e. The van der Waals surface area contributed by atoms with Crippen molar-refractivity contribution in [2.45, 2.75) is 18.8 Å². The predicted octanol–water partition coefficient (Wildman–Crippen LogP) is 2.53. The number of likely N-dealkylation sites (N-methyl/N-ethyl adjacent to an activating group) is 1. The van der Waals surface area contributed by atoms with E-state index in [9.17, 15) is 13.2 Å². The Kier molecular flexibility index (Phi) is 5.01. The predicted molar refractivity (Wildman–Crippen MR) is 66.8 cm³/mol. The van der Waals surface area contributed by atoms with Crippen molar-refractivity contribution in [2.75, 3.05) is 20.1 Å². The van der Waals surface area contributed by atoms with E-state index in [1.807, 2.05) is 7.05 Å². The van der Waals surface area contributed by atoms with E-state index in [1.54, 1.807) is 12.1 Å². The second kappa shape index (κ2) is 5.91. The lowest BCUT2D eigenvalue weighted by molar-refractivity contribution is -0.137. The molecular weight excluding hydrogens is 265 g/mol. The third kappa shape index (κ3) is 3.60. The van der Waals surface area contributed by atoms with Gasteiger partial charge in [0.1, 0.15) is 0 Å². The molecule has 0 amide bonds. The van der Waals surface area contributed by atoms with Gasteiger partial charge in [0.25, 0.3) is 0 Å². The highest BCUT2D eigenvalue weighted by molar-refractivity contribution is 5.85. The highest BCUT2D eigenvalue weighted by Gasteiger charge is 2.30. The van der Waals surface area contributed by atoms with Crippen molar-refractivity contribution in [1.82, 2.24) is 10.2 Å². The molecule has 1 aliphatic heterocycles. The standard InChI is InChI=1S/C12H15F3N2.ClH/c1-17(11-6-16-7-11)8-9-2-4-10(5-3-9)12(13,14)15;/h2-5,11,16H,6-8H2,1H3;1H. The molecule has 0 aromatic heterocycles. The molecule has 18 heavy (non-hydrogen) atoms. The fraction of sp³-hybridized carbons (Fsp3) is 0.500. The number of hydrogen-bond acceptors (Lipinski definition) is 2. The van der Waals surface area contributed by atoms with Gasteiger partial charge < -0.3 is 5.32 Å². The maximum atomic E-state index is 12.4. The second-order valence-corrected chi connectivity index (χ2v) is 4.42. The maximum Gasteiger partial charge on any atom is 0.416 e. The van der Waals surface area contributed by atoms with Crippen molar-refractivity contribution in [3.63, 3.8) is 0 Å². The van der Waals surface area contributed by atoms with Crippen LogP contribution in [0.5, 0.6) is 0 Å². The first kappa shape index (κ1) is 15.3. The van der Waals surface area contributed by atoms with Crippen LogP contribution in [-0.4, -0.2) is 31.1 Å². The molecule has 0 radical (unpaired) electrons. The minimum Gasteiger partial charge on any atom is -0.314 e. The number of nitrogens with one attached hydrogen (secondary N) is 1. The van der Waals surface area contributed by atoms with Crippen LogP contribution in [0.25, 0.3) is 0 Å². The van der Waals surface area contributed by atoms with Gasteiger partial charge >= 0.3 is 6.18 Å². The lowest BCUT2D eigenvalue weighted by Crippen LogP contribution is -2.55. The van der Waals surface area contributed by atoms with Crippen LogP contribution in [0.2, 0.25) is 0 Å². The van der Waals surface area contributed by atoms with E-state index < -0.39 is 11.7 Å². The Morgan fingerprint density at radius 2 is 1.78 bits per heavy atom. The van der Waals surface area contributed by atoms with E-state index in [0.717, 1.165) is 30.8 Å². The average molecular weight is 281 g/mol. The molecule has 1 fully saturated rings. The molecule has 1 heterocycles. The summed E-state index contributed by atoms with van der Waals surface area (Å²) in [4.78, 5) is 2.15. The van der Waals surface area contributed by atoms with Crippen molar-refractivity contribution in [1.29, 1.82) is 0 Å². The van der Waals surface area contributed by atoms with Gasteiger partial charge in [-0.15, -0.1) is 12.4 Å². The van der Waals surface area contributed by atoms with E-state index >= 15 is 0 Å². The van der Waals surface area contributed by atoms with E-state index in [2.05, 4.69) is 10.2 Å². The van der Waals surface area contributed by atoms with Gasteiger partial charge in [-0.25, -0.2) is 0 Å². The Morgan fingerprint density at radius 3 is 2.17 bits per heavy atom. The Hall–Kier alpha value is -0.780. The third-order valence-corrected chi connectivity index (χ3v) is 3.10. The van der Waals surface area contributed by atoms with Crippen molar-refractivity contribution in [3.8, 4) is 0 Å². The molecule has 6 heteroatoms. The molecule has 0 bridgehead atoms. The summed E-state index contributed by atoms with van der Waals surface area (Å²) in [6.07, 6.45) is -4.25. The second-order valence-electron chi connectivity index (χ2n) is 4.42. The molecule has 102 valence electrons. The van der Waals surface area contributed by atoms with E-state index in [0.29, 0.717) is 12.6 Å². The number of hydrogen-bond donors (Lipinski definition) is 1. The zero-order valence-electron chi connectivity index (χ0n) is 10.00. The van der Waals surface area contributed by atoms with Gasteiger partial charge in [0.15, 0.2) is 0 Å². The number of rotatable bonds is 3. The Balaban J connectivity index is 0.00000162. The van der Waals surface area contributed by atoms with Crippen LogP contribution in [-0.2, 0) is 12.7 Å². The molecule has 1 aromatic carbocycles. The first-order chi connectivity index (χ1) is 7.97. The minimum absolute atomic E-state index is 0. The van der Waals surface area contributed by atoms with Gasteiger partial charge in [-0.05, 0) is 24.7 Å². The number of benzene rings is 1. The molecule has 1 saturated heterocycles. The first-order valence-corrected chi connectivity index (χ1v) is 5.54. The highest BCUT2D eigenvalue weighted by atomic mass is 35.5. The highest BCUT2D eigenvalue weighted by Crippen LogP contribution is 2.29. The SMILES string of the molecule is CN(Cc1ccc(C(F)(F)F)cc1)C1CNC1.Cl. The van der Waals surface area contributed by atoms with Gasteiger partial charge in [-0.2, -0.15) is 13.2 Å². The fourth-order valence-electron chi connectivity index (χ4n) is 1.80. The summed E-state index contributed by atoms with van der Waals surface area (Å²) in [6, 6.07) is 5.87. The Labute approximate surface area is 111 Å². The maximum absolute atomic E-state index is 12.4. The molecule has 2 nitrogen and oxygen atoms in total. The Bertz CT molecular complexity index is 374. The van der Waals surface area contributed by atoms with Gasteiger partial charge in [-0.3, -0.25) is 4.90 Å². The molecule has 1 aliphatic rings. The summed E-state index contributed by atoms with van der Waals surface area (Å²) in [5, 5.41) is 3.17. The average Bonchev–Trinajstić information content (AvgIpc) is 2.13. The molecule has 0 saturated carbocycles. The monoisotopic (exact) mass is 280 g/mol. The molecule has 0 atom stereocenters. The quantitative estimate of drug-likeness (QED) is 0.915. The lowest BCUT2D eigenvalue weighted by Gasteiger charge is -2.35. The number of alkyl halides is 3. The minimum atomic E-state index is -4.25. The zero-order chi connectivity index (χ0) is 12.5. The van der Waals surface area contributed by atoms with Crippen LogP contribution in [0.3, 0.4) is 0 Å². The number of nitrogens with zero attached hydrogens (tertiary/aromatic N) is 1. The number of halogens is 4. The lowest BCUT2D eigenvalue weighted by atomic mass is 10.1. The van der Waals surface area contributed by atoms with E-state index in [-0.39, 0.29) is 12.4 Å². The van der Waals surface area contributed by atoms with Crippen LogP contribution in [0.15, 0.2) is 24.3 Å². The Morgan fingerprint density at radius 1 is 1.22 bits per heavy atom. The first-order valence-electron chi connectivity index (χ1n) is 5.54. The molecule has 1 N–H and O–H groups in total. The van der Waals surface area contributed by atoms with Crippen LogP contribution >= 0.6 is 12.4 Å². The van der Waals surface area contributed by atoms with Crippen molar-refractivity contribution in [2.24, 2.45) is 0 Å². The van der Waals surface area contributed by atoms with Gasteiger partial charge in [0.05, 0.1) is 5.56 Å². The topological polar surface area (TPSA) is 15.3 Å². The largest absolute Gasteiger partial charge is 0.416 e. The molecule has 0 unspecified atom stereocenters. The molecule has 2 rings (SSSR count). The third-order valence-electron chi connectivity index (χ3n) is 3.10. The van der Waals surface area contributed by atoms with Gasteiger partial charge in [0.2, 0.25) is 0 Å². The zero-order valence-corrected chi connectivity index (χ0v) is 10.8. The van der Waals surface area contributed by atoms with Crippen LogP contribution in [0.1, 0.15) is 11.1 Å². The molecule has 0 aliphatic carbocycles. The van der Waals surface area contributed by atoms with Gasteiger partial charge in [0, 0.05) is 25.7 Å². The van der Waals surface area contributed by atoms with Crippen molar-refractivity contribution < 1.29 is 13.2 Å². The van der Waals surface area contributed by atoms with Crippen LogP contribution in [0.4, 0.5) is 13.2 Å². The van der Waals surface area contributed by atoms with Crippen molar-refractivity contribution in [3.05, 3.63) is 35.4 Å². The summed E-state index contributed by atoms with van der Waals surface area (Å²) >= 11 is 0. The normalized spacial score (nSPS) is 16.3. The van der Waals surface area contributed by atoms with Crippen LogP contribution in [0, 0.1) is 0 Å². The summed E-state index contributed by atoms with van der Waals surface area (Å²) < 4.78 is 37.1. The van der Waals surface area contributed by atoms with E-state index in [1.165, 1.54) is 0 Å². The molecular formula is C12H16ClF3N2. The summed E-state index contributed by atoms with van der Waals surface area (Å²) in [7, 11) is 1.99. The molecule has 0 spiro atoms. The summed E-state index contributed by atoms with van der Waals surface area (Å²) in [5.74, 6) is 0. The summed E-state index contributed by atoms with van der Waals surface area (Å²) in [6.45, 7) is 2.60. The van der Waals surface area contributed by atoms with Gasteiger partial charge in [-0.1, -0.05) is 12.1 Å². The fourth-order valence-corrected chi connectivity index (χ4v) is 1.80. The summed E-state index contributed by atoms with van der Waals surface area (Å²) in [5.41, 5.74) is 0.321. The van der Waals surface area contributed by atoms with Crippen LogP contribution < -0.4 is 5.32 Å². The van der Waals surface area contributed by atoms with Crippen molar-refractivity contribution >= 4 is 12.4 Å². The van der Waals surface area contributed by atoms with E-state index in [4.69, 9.17) is 0 Å².